The largest absolute Gasteiger partial charge is 0.316 e. The molecular formula is C16H17BrN2O2S2. The first kappa shape index (κ1) is 16.8. The van der Waals surface area contributed by atoms with Crippen LogP contribution in [0.3, 0.4) is 0 Å². The lowest BCUT2D eigenvalue weighted by molar-refractivity contribution is 0.599. The van der Waals surface area contributed by atoms with Crippen molar-refractivity contribution < 1.29 is 8.42 Å². The van der Waals surface area contributed by atoms with Gasteiger partial charge >= 0.3 is 0 Å². The fourth-order valence-corrected chi connectivity index (χ4v) is 4.84. The van der Waals surface area contributed by atoms with Gasteiger partial charge in [-0.3, -0.25) is 4.72 Å². The van der Waals surface area contributed by atoms with Crippen molar-refractivity contribution in [3.8, 4) is 0 Å². The molecule has 1 aliphatic heterocycles. The van der Waals surface area contributed by atoms with Crippen molar-refractivity contribution in [2.24, 2.45) is 0 Å². The predicted octanol–water partition coefficient (Wildman–Crippen LogP) is 3.23. The van der Waals surface area contributed by atoms with Crippen LogP contribution < -0.4 is 10.0 Å². The molecule has 0 unspecified atom stereocenters. The van der Waals surface area contributed by atoms with Crippen LogP contribution in [0.2, 0.25) is 0 Å². The van der Waals surface area contributed by atoms with Gasteiger partial charge in [0.1, 0.15) is 4.90 Å². The molecule has 2 N–H and O–H groups in total. The Morgan fingerprint density at radius 2 is 1.78 bits per heavy atom. The Balaban J connectivity index is 1.92. The zero-order valence-corrected chi connectivity index (χ0v) is 15.6. The van der Waals surface area contributed by atoms with Gasteiger partial charge in [-0.05, 0) is 67.4 Å². The molecule has 0 saturated heterocycles. The summed E-state index contributed by atoms with van der Waals surface area (Å²) in [5.74, 6) is 0. The molecule has 2 aromatic rings. The average Bonchev–Trinajstić information content (AvgIpc) is 2.74. The summed E-state index contributed by atoms with van der Waals surface area (Å²) in [6.45, 7) is 1.87. The number of benzene rings is 2. The highest BCUT2D eigenvalue weighted by Crippen LogP contribution is 2.27. The smallest absolute Gasteiger partial charge is 0.263 e. The molecule has 3 rings (SSSR count). The maximum atomic E-state index is 12.6. The molecule has 7 heteroatoms. The molecule has 0 atom stereocenters. The highest BCUT2D eigenvalue weighted by Gasteiger charge is 2.18. The Bertz CT molecular complexity index is 838. The quantitative estimate of drug-likeness (QED) is 0.678. The molecular weight excluding hydrogens is 396 g/mol. The van der Waals surface area contributed by atoms with Crippen molar-refractivity contribution in [1.29, 1.82) is 0 Å². The minimum atomic E-state index is -3.67. The third-order valence-electron chi connectivity index (χ3n) is 3.81. The molecule has 0 aromatic heterocycles. The molecule has 0 fully saturated rings. The summed E-state index contributed by atoms with van der Waals surface area (Å²) in [5.41, 5.74) is 3.05. The summed E-state index contributed by atoms with van der Waals surface area (Å²) in [4.78, 5) is 0.575. The van der Waals surface area contributed by atoms with Gasteiger partial charge in [-0.15, -0.1) is 12.6 Å². The van der Waals surface area contributed by atoms with Crippen LogP contribution in [0, 0.1) is 0 Å². The summed E-state index contributed by atoms with van der Waals surface area (Å²) in [7, 11) is -3.67. The van der Waals surface area contributed by atoms with Crippen LogP contribution in [0.15, 0.2) is 50.7 Å². The van der Waals surface area contributed by atoms with Crippen LogP contribution in [0.4, 0.5) is 5.69 Å². The summed E-state index contributed by atoms with van der Waals surface area (Å²) >= 11 is 7.55. The molecule has 0 amide bonds. The van der Waals surface area contributed by atoms with Gasteiger partial charge in [0.15, 0.2) is 0 Å². The third kappa shape index (κ3) is 3.91. The lowest BCUT2D eigenvalue weighted by atomic mass is 10.0. The SMILES string of the molecule is O=S(=O)(Nc1ccc2c(c1)CCNCC2)c1cc(Br)ccc1S. The van der Waals surface area contributed by atoms with E-state index < -0.39 is 10.0 Å². The Labute approximate surface area is 150 Å². The summed E-state index contributed by atoms with van der Waals surface area (Å²) < 4.78 is 28.6. The Kier molecular flexibility index (Phi) is 5.01. The maximum absolute atomic E-state index is 12.6. The van der Waals surface area contributed by atoms with Gasteiger partial charge in [0.05, 0.1) is 0 Å². The molecule has 0 aliphatic carbocycles. The first-order valence-electron chi connectivity index (χ1n) is 7.29. The number of hydrogen-bond acceptors (Lipinski definition) is 4. The second-order valence-electron chi connectivity index (χ2n) is 5.45. The molecule has 122 valence electrons. The van der Waals surface area contributed by atoms with E-state index in [0.29, 0.717) is 15.1 Å². The van der Waals surface area contributed by atoms with Gasteiger partial charge in [0.25, 0.3) is 10.0 Å². The van der Waals surface area contributed by atoms with Gasteiger partial charge in [-0.2, -0.15) is 0 Å². The number of anilines is 1. The average molecular weight is 413 g/mol. The minimum Gasteiger partial charge on any atom is -0.316 e. The van der Waals surface area contributed by atoms with Crippen molar-refractivity contribution >= 4 is 44.3 Å². The minimum absolute atomic E-state index is 0.159. The van der Waals surface area contributed by atoms with Crippen molar-refractivity contribution in [2.75, 3.05) is 17.8 Å². The number of fused-ring (bicyclic) bond motifs is 1. The fourth-order valence-electron chi connectivity index (χ4n) is 2.65. The molecule has 0 radical (unpaired) electrons. The lowest BCUT2D eigenvalue weighted by Gasteiger charge is -2.13. The Morgan fingerprint density at radius 3 is 2.57 bits per heavy atom. The number of hydrogen-bond donors (Lipinski definition) is 3. The zero-order chi connectivity index (χ0) is 16.4. The monoisotopic (exact) mass is 412 g/mol. The van der Waals surface area contributed by atoms with Crippen LogP contribution in [-0.2, 0) is 22.9 Å². The highest BCUT2D eigenvalue weighted by molar-refractivity contribution is 9.10. The molecule has 0 spiro atoms. The van der Waals surface area contributed by atoms with Crippen molar-refractivity contribution in [2.45, 2.75) is 22.6 Å². The van der Waals surface area contributed by atoms with Crippen molar-refractivity contribution in [3.63, 3.8) is 0 Å². The Morgan fingerprint density at radius 1 is 1.04 bits per heavy atom. The van der Waals surface area contributed by atoms with E-state index in [2.05, 4.69) is 38.6 Å². The number of sulfonamides is 1. The molecule has 1 heterocycles. The zero-order valence-electron chi connectivity index (χ0n) is 12.3. The predicted molar refractivity (Wildman–Crippen MR) is 98.9 cm³/mol. The summed E-state index contributed by atoms with van der Waals surface area (Å²) in [6, 6.07) is 10.7. The molecule has 4 nitrogen and oxygen atoms in total. The van der Waals surface area contributed by atoms with Crippen LogP contribution in [0.1, 0.15) is 11.1 Å². The summed E-state index contributed by atoms with van der Waals surface area (Å²) in [5, 5.41) is 3.35. The van der Waals surface area contributed by atoms with Crippen molar-refractivity contribution in [3.05, 3.63) is 52.0 Å². The van der Waals surface area contributed by atoms with E-state index in [1.807, 2.05) is 18.2 Å². The second kappa shape index (κ2) is 6.84. The number of thiol groups is 1. The number of nitrogens with one attached hydrogen (secondary N) is 2. The normalized spacial score (nSPS) is 14.9. The van der Waals surface area contributed by atoms with E-state index in [4.69, 9.17) is 0 Å². The van der Waals surface area contributed by atoms with Gasteiger partial charge in [-0.1, -0.05) is 22.0 Å². The third-order valence-corrected chi connectivity index (χ3v) is 6.27. The molecule has 0 bridgehead atoms. The van der Waals surface area contributed by atoms with E-state index in [9.17, 15) is 8.42 Å². The standard InChI is InChI=1S/C16H17BrN2O2S2/c17-13-2-4-15(22)16(10-13)23(20,21)19-14-3-1-11-5-7-18-8-6-12(11)9-14/h1-4,9-10,18-19,22H,5-8H2. The van der Waals surface area contributed by atoms with Gasteiger partial charge in [0.2, 0.25) is 0 Å². The van der Waals surface area contributed by atoms with Crippen LogP contribution >= 0.6 is 28.6 Å². The molecule has 0 saturated carbocycles. The van der Waals surface area contributed by atoms with Gasteiger partial charge in [-0.25, -0.2) is 8.42 Å². The van der Waals surface area contributed by atoms with Gasteiger partial charge < -0.3 is 5.32 Å². The van der Waals surface area contributed by atoms with Crippen LogP contribution in [0.25, 0.3) is 0 Å². The topological polar surface area (TPSA) is 58.2 Å². The van der Waals surface area contributed by atoms with E-state index >= 15 is 0 Å². The van der Waals surface area contributed by atoms with Crippen LogP contribution in [0.5, 0.6) is 0 Å². The molecule has 23 heavy (non-hydrogen) atoms. The molecule has 1 aliphatic rings. The van der Waals surface area contributed by atoms with E-state index in [1.165, 1.54) is 11.1 Å². The highest BCUT2D eigenvalue weighted by atomic mass is 79.9. The van der Waals surface area contributed by atoms with Crippen LogP contribution in [-0.4, -0.2) is 21.5 Å². The number of halogens is 1. The fraction of sp³-hybridized carbons (Fsp3) is 0.250. The first-order valence-corrected chi connectivity index (χ1v) is 10.0. The molecule has 2 aromatic carbocycles. The van der Waals surface area contributed by atoms with E-state index in [1.54, 1.807) is 18.2 Å². The first-order chi connectivity index (χ1) is 11.0. The Hall–Kier alpha value is -1.02. The van der Waals surface area contributed by atoms with Crippen molar-refractivity contribution in [1.82, 2.24) is 5.32 Å². The van der Waals surface area contributed by atoms with E-state index in [-0.39, 0.29) is 4.90 Å². The number of rotatable bonds is 3. The van der Waals surface area contributed by atoms with Gasteiger partial charge in [0, 0.05) is 15.1 Å². The van der Waals surface area contributed by atoms with E-state index in [0.717, 1.165) is 25.9 Å². The summed E-state index contributed by atoms with van der Waals surface area (Å²) in [6.07, 6.45) is 1.87. The lowest BCUT2D eigenvalue weighted by Crippen LogP contribution is -2.16. The second-order valence-corrected chi connectivity index (χ2v) is 8.50. The maximum Gasteiger partial charge on any atom is 0.263 e.